The number of hydrogen-bond acceptors (Lipinski definition) is 8. The van der Waals surface area contributed by atoms with Gasteiger partial charge in [-0.3, -0.25) is 13.9 Å². The number of ether oxygens (including phenoxy) is 3. The summed E-state index contributed by atoms with van der Waals surface area (Å²) in [6.45, 7) is -0.780. The van der Waals surface area contributed by atoms with Gasteiger partial charge in [-0.15, -0.1) is 10.2 Å². The molecule has 234 valence electrons. The summed E-state index contributed by atoms with van der Waals surface area (Å²) in [7, 11) is 3.71. The number of methoxy groups -OCH3 is 2. The fourth-order valence-corrected chi connectivity index (χ4v) is 4.74. The second kappa shape index (κ2) is 12.1. The molecule has 3 aromatic carbocycles. The number of aromatic nitrogens is 5. The van der Waals surface area contributed by atoms with Gasteiger partial charge in [-0.2, -0.15) is 13.2 Å². The number of esters is 1. The van der Waals surface area contributed by atoms with E-state index in [2.05, 4.69) is 20.5 Å². The molecule has 0 spiro atoms. The van der Waals surface area contributed by atoms with E-state index in [0.29, 0.717) is 5.82 Å². The number of nitrogens with one attached hydrogen (secondary N) is 2. The molecule has 2 N–H and O–H groups in total. The normalized spacial score (nSPS) is 11.4. The van der Waals surface area contributed by atoms with Crippen LogP contribution in [0.2, 0.25) is 0 Å². The Balaban J connectivity index is 1.69. The van der Waals surface area contributed by atoms with Gasteiger partial charge in [-0.25, -0.2) is 14.0 Å². The number of carbonyl (C=O) groups excluding carboxylic acids is 2. The summed E-state index contributed by atoms with van der Waals surface area (Å²) < 4.78 is 74.1. The van der Waals surface area contributed by atoms with Gasteiger partial charge in [0, 0.05) is 23.9 Å². The molecule has 0 aliphatic heterocycles. The maximum Gasteiger partial charge on any atom is 0.416 e. The molecule has 0 saturated heterocycles. The van der Waals surface area contributed by atoms with Crippen LogP contribution in [0.4, 0.5) is 23.2 Å². The van der Waals surface area contributed by atoms with Crippen LogP contribution in [0, 0.1) is 5.82 Å². The van der Waals surface area contributed by atoms with Crippen LogP contribution < -0.4 is 20.5 Å². The minimum absolute atomic E-state index is 0.00915. The Bertz CT molecular complexity index is 1950. The Morgan fingerprint density at radius 3 is 2.38 bits per heavy atom. The maximum atomic E-state index is 14.2. The first-order valence-corrected chi connectivity index (χ1v) is 13.1. The van der Waals surface area contributed by atoms with Crippen molar-refractivity contribution in [3.05, 3.63) is 88.1 Å². The van der Waals surface area contributed by atoms with Crippen molar-refractivity contribution in [1.82, 2.24) is 24.3 Å². The van der Waals surface area contributed by atoms with Crippen LogP contribution in [0.25, 0.3) is 22.2 Å². The average molecular weight is 629 g/mol. The Kier molecular flexibility index (Phi) is 8.30. The van der Waals surface area contributed by atoms with Crippen molar-refractivity contribution >= 4 is 28.6 Å². The quantitative estimate of drug-likeness (QED) is 0.182. The van der Waals surface area contributed by atoms with Crippen molar-refractivity contribution in [3.8, 4) is 22.6 Å². The number of carbonyl (C=O) groups is 2. The van der Waals surface area contributed by atoms with Gasteiger partial charge in [0.1, 0.15) is 25.3 Å². The number of halogens is 4. The summed E-state index contributed by atoms with van der Waals surface area (Å²) in [4.78, 5) is 42.0. The van der Waals surface area contributed by atoms with E-state index in [4.69, 9.17) is 14.2 Å². The van der Waals surface area contributed by atoms with Gasteiger partial charge in [0.05, 0.1) is 36.4 Å². The Labute approximate surface area is 251 Å². The fraction of sp³-hybridized carbons (Fsp3) is 0.207. The van der Waals surface area contributed by atoms with Gasteiger partial charge < -0.3 is 24.5 Å². The van der Waals surface area contributed by atoms with E-state index in [1.54, 1.807) is 0 Å². The van der Waals surface area contributed by atoms with Crippen molar-refractivity contribution in [2.75, 3.05) is 19.5 Å². The van der Waals surface area contributed by atoms with Crippen LogP contribution in [-0.4, -0.2) is 50.4 Å². The van der Waals surface area contributed by atoms with Gasteiger partial charge in [-0.1, -0.05) is 0 Å². The number of anilines is 1. The predicted octanol–water partition coefficient (Wildman–Crippen LogP) is 4.30. The number of benzene rings is 3. The van der Waals surface area contributed by atoms with E-state index in [-0.39, 0.29) is 51.5 Å². The zero-order chi connectivity index (χ0) is 32.5. The summed E-state index contributed by atoms with van der Waals surface area (Å²) in [5, 5.41) is 9.95. The highest BCUT2D eigenvalue weighted by molar-refractivity contribution is 6.04. The van der Waals surface area contributed by atoms with Crippen LogP contribution in [-0.2, 0) is 35.9 Å². The highest BCUT2D eigenvalue weighted by Crippen LogP contribution is 2.42. The largest absolute Gasteiger partial charge is 0.493 e. The Morgan fingerprint density at radius 2 is 1.76 bits per heavy atom. The van der Waals surface area contributed by atoms with Gasteiger partial charge >= 0.3 is 17.8 Å². The van der Waals surface area contributed by atoms with Gasteiger partial charge in [0.25, 0.3) is 0 Å². The third-order valence-electron chi connectivity index (χ3n) is 6.82. The maximum absolute atomic E-state index is 14.2. The monoisotopic (exact) mass is 628 g/mol. The molecule has 16 heteroatoms. The lowest BCUT2D eigenvalue weighted by atomic mass is 9.95. The molecule has 0 unspecified atom stereocenters. The van der Waals surface area contributed by atoms with Gasteiger partial charge in [0.15, 0.2) is 17.3 Å². The molecule has 1 amide bonds. The number of fused-ring (bicyclic) bond motifs is 1. The van der Waals surface area contributed by atoms with E-state index in [1.807, 2.05) is 0 Å². The smallest absolute Gasteiger partial charge is 0.416 e. The number of amides is 1. The zero-order valence-electron chi connectivity index (χ0n) is 23.9. The van der Waals surface area contributed by atoms with E-state index in [1.165, 1.54) is 44.8 Å². The number of alkyl halides is 3. The Morgan fingerprint density at radius 1 is 1.02 bits per heavy atom. The number of aromatic amines is 1. The van der Waals surface area contributed by atoms with Gasteiger partial charge in [-0.05, 0) is 48.5 Å². The van der Waals surface area contributed by atoms with Crippen LogP contribution in [0.15, 0.2) is 59.7 Å². The molecule has 0 radical (unpaired) electrons. The predicted molar refractivity (Wildman–Crippen MR) is 151 cm³/mol. The first-order valence-electron chi connectivity index (χ1n) is 13.1. The molecular formula is C29H24F4N6O6. The van der Waals surface area contributed by atoms with Crippen molar-refractivity contribution < 1.29 is 41.4 Å². The average Bonchev–Trinajstić information content (AvgIpc) is 3.62. The number of imidazole rings is 1. The van der Waals surface area contributed by atoms with E-state index >= 15 is 0 Å². The lowest BCUT2D eigenvalue weighted by molar-refractivity contribution is -0.137. The van der Waals surface area contributed by atoms with E-state index < -0.39 is 41.7 Å². The molecule has 0 atom stereocenters. The molecule has 0 aliphatic rings. The van der Waals surface area contributed by atoms with Crippen LogP contribution in [0.1, 0.15) is 21.7 Å². The highest BCUT2D eigenvalue weighted by atomic mass is 19.4. The molecule has 2 heterocycles. The third-order valence-corrected chi connectivity index (χ3v) is 6.82. The number of nitrogens with zero attached hydrogens (tertiary/aromatic N) is 4. The first-order chi connectivity index (χ1) is 21.4. The number of aryl methyl sites for hydroxylation is 1. The molecule has 0 fully saturated rings. The summed E-state index contributed by atoms with van der Waals surface area (Å²) in [5.74, 6) is -1.76. The molecule has 5 rings (SSSR count). The molecule has 45 heavy (non-hydrogen) atoms. The van der Waals surface area contributed by atoms with Crippen molar-refractivity contribution in [3.63, 3.8) is 0 Å². The van der Waals surface area contributed by atoms with E-state index in [9.17, 15) is 31.9 Å². The molecule has 2 aromatic heterocycles. The summed E-state index contributed by atoms with van der Waals surface area (Å²) >= 11 is 0. The SMILES string of the molecule is COC(=O)c1cc(OCc2nnc[nH]2)c(OC)cc1-c1cc(C(F)(F)F)cc2c1n(C)c(=O)n2CC(=O)Nc1ccc(F)cc1. The summed E-state index contributed by atoms with van der Waals surface area (Å²) in [5.41, 5.74) is -2.41. The molecule has 0 aliphatic carbocycles. The molecular weight excluding hydrogens is 604 g/mol. The minimum Gasteiger partial charge on any atom is -0.493 e. The highest BCUT2D eigenvalue weighted by Gasteiger charge is 2.34. The minimum atomic E-state index is -4.88. The second-order valence-corrected chi connectivity index (χ2v) is 9.64. The lowest BCUT2D eigenvalue weighted by Crippen LogP contribution is -2.28. The van der Waals surface area contributed by atoms with Crippen molar-refractivity contribution in [1.29, 1.82) is 0 Å². The van der Waals surface area contributed by atoms with E-state index in [0.717, 1.165) is 40.5 Å². The van der Waals surface area contributed by atoms with Crippen LogP contribution >= 0.6 is 0 Å². The van der Waals surface area contributed by atoms with Crippen molar-refractivity contribution in [2.24, 2.45) is 7.05 Å². The van der Waals surface area contributed by atoms with Crippen LogP contribution in [0.3, 0.4) is 0 Å². The van der Waals surface area contributed by atoms with Crippen molar-refractivity contribution in [2.45, 2.75) is 19.3 Å². The molecule has 5 aromatic rings. The lowest BCUT2D eigenvalue weighted by Gasteiger charge is -2.17. The molecule has 0 saturated carbocycles. The number of rotatable bonds is 9. The van der Waals surface area contributed by atoms with Gasteiger partial charge in [0.2, 0.25) is 5.91 Å². The summed E-state index contributed by atoms with van der Waals surface area (Å²) in [6.07, 6.45) is -3.55. The third kappa shape index (κ3) is 6.20. The zero-order valence-corrected chi connectivity index (χ0v) is 23.9. The topological polar surface area (TPSA) is 142 Å². The first kappa shape index (κ1) is 30.8. The second-order valence-electron chi connectivity index (χ2n) is 9.64. The van der Waals surface area contributed by atoms with Crippen LogP contribution in [0.5, 0.6) is 11.5 Å². The molecule has 0 bridgehead atoms. The number of hydrogen-bond donors (Lipinski definition) is 2. The fourth-order valence-electron chi connectivity index (χ4n) is 4.74. The Hall–Kier alpha value is -5.67. The molecule has 12 nitrogen and oxygen atoms in total. The number of H-pyrrole nitrogens is 1. The summed E-state index contributed by atoms with van der Waals surface area (Å²) in [6, 6.07) is 8.88. The standard InChI is InChI=1S/C29H24F4N6O6/c1-38-26-19(18-10-22(43-2)23(11-20(18)27(41)44-3)45-13-24-34-14-35-37-24)8-15(29(31,32)33)9-21(26)39(28(38)42)12-25(40)36-17-6-4-16(30)5-7-17/h4-11,14H,12-13H2,1-3H3,(H,36,40)(H,34,35,37).